The quantitative estimate of drug-likeness (QED) is 0.506. The molecule has 0 bridgehead atoms. The van der Waals surface area contributed by atoms with Gasteiger partial charge < -0.3 is 19.3 Å². The molecule has 1 amide bonds. The minimum Gasteiger partial charge on any atom is -0.497 e. The van der Waals surface area contributed by atoms with Crippen LogP contribution in [0.3, 0.4) is 0 Å². The second-order valence-electron chi connectivity index (χ2n) is 9.74. The van der Waals surface area contributed by atoms with E-state index < -0.39 is 11.7 Å². The predicted molar refractivity (Wildman–Crippen MR) is 130 cm³/mol. The van der Waals surface area contributed by atoms with Gasteiger partial charge in [0.05, 0.1) is 18.2 Å². The molecular weight excluding hydrogens is 471 g/mol. The minimum atomic E-state index is -4.49. The van der Waals surface area contributed by atoms with Crippen LogP contribution < -0.4 is 9.47 Å². The molecule has 1 atom stereocenters. The number of hydrogen-bond donors (Lipinski definition) is 0. The van der Waals surface area contributed by atoms with Crippen LogP contribution in [0.25, 0.3) is 0 Å². The van der Waals surface area contributed by atoms with Gasteiger partial charge in [-0.15, -0.1) is 0 Å². The topological polar surface area (TPSA) is 54.4 Å². The van der Waals surface area contributed by atoms with Gasteiger partial charge in [0.2, 0.25) is 5.91 Å². The van der Waals surface area contributed by atoms with Crippen LogP contribution in [0.5, 0.6) is 17.2 Å². The number of halogens is 3. The van der Waals surface area contributed by atoms with Crippen LogP contribution in [-0.2, 0) is 11.0 Å². The van der Waals surface area contributed by atoms with E-state index >= 15 is 0 Å². The second kappa shape index (κ2) is 9.67. The summed E-state index contributed by atoms with van der Waals surface area (Å²) >= 11 is 0. The number of carbonyl (C=O) groups excluding carboxylic acids is 1. The summed E-state index contributed by atoms with van der Waals surface area (Å²) in [5.74, 6) is 2.15. The van der Waals surface area contributed by atoms with Crippen molar-refractivity contribution in [1.82, 2.24) is 9.80 Å². The van der Waals surface area contributed by atoms with Crippen molar-refractivity contribution in [3.8, 4) is 17.2 Å². The van der Waals surface area contributed by atoms with E-state index in [1.54, 1.807) is 25.3 Å². The van der Waals surface area contributed by atoms with E-state index in [-0.39, 0.29) is 29.3 Å². The Morgan fingerprint density at radius 3 is 2.50 bits per heavy atom. The fraction of sp³-hybridized carbons (Fsp3) is 0.481. The van der Waals surface area contributed by atoms with Gasteiger partial charge in [-0.2, -0.15) is 13.2 Å². The maximum Gasteiger partial charge on any atom is 0.416 e. The Morgan fingerprint density at radius 2 is 1.81 bits per heavy atom. The average molecular weight is 502 g/mol. The number of aliphatic imine (C=N–C) groups is 1. The highest BCUT2D eigenvalue weighted by Crippen LogP contribution is 2.42. The fourth-order valence-electron chi connectivity index (χ4n) is 5.36. The molecule has 5 rings (SSSR count). The molecule has 6 nitrogen and oxygen atoms in total. The lowest BCUT2D eigenvalue weighted by atomic mass is 9.87. The van der Waals surface area contributed by atoms with E-state index in [0.29, 0.717) is 42.5 Å². The molecule has 2 fully saturated rings. The summed E-state index contributed by atoms with van der Waals surface area (Å²) in [6.45, 7) is 3.59. The number of carbonyl (C=O) groups is 1. The number of alkyl halides is 3. The van der Waals surface area contributed by atoms with Crippen LogP contribution in [-0.4, -0.2) is 54.3 Å². The van der Waals surface area contributed by atoms with Crippen molar-refractivity contribution in [3.63, 3.8) is 0 Å². The zero-order valence-electron chi connectivity index (χ0n) is 20.5. The zero-order valence-corrected chi connectivity index (χ0v) is 20.5. The summed E-state index contributed by atoms with van der Waals surface area (Å²) in [5.41, 5.74) is -0.0329. The number of hydrogen-bond acceptors (Lipinski definition) is 5. The molecule has 0 unspecified atom stereocenters. The van der Waals surface area contributed by atoms with Gasteiger partial charge in [-0.05, 0) is 56.2 Å². The first-order valence-electron chi connectivity index (χ1n) is 12.5. The van der Waals surface area contributed by atoms with E-state index in [2.05, 4.69) is 0 Å². The van der Waals surface area contributed by atoms with Crippen LogP contribution in [0.1, 0.15) is 50.2 Å². The molecule has 0 N–H and O–H groups in total. The Hall–Kier alpha value is -3.23. The lowest BCUT2D eigenvalue weighted by Gasteiger charge is -2.43. The van der Waals surface area contributed by atoms with E-state index in [0.717, 1.165) is 37.8 Å². The SMILES string of the molecule is COc1ccc2c(c1)C(N1CCN(C(=O)C3CCCCC3)[C@@H](C)C1)=Nc1cc(C(F)(F)F)ccc1O2. The number of nitrogens with zero attached hydrogens (tertiary/aromatic N) is 3. The Labute approximate surface area is 208 Å². The van der Waals surface area contributed by atoms with Crippen molar-refractivity contribution < 1.29 is 27.4 Å². The lowest BCUT2D eigenvalue weighted by molar-refractivity contribution is -0.140. The molecular formula is C27H30F3N3O3. The normalized spacial score (nSPS) is 20.6. The number of ether oxygens (including phenoxy) is 2. The van der Waals surface area contributed by atoms with Gasteiger partial charge in [-0.25, -0.2) is 4.99 Å². The number of amides is 1. The maximum atomic E-state index is 13.4. The lowest BCUT2D eigenvalue weighted by Crippen LogP contribution is -2.56. The summed E-state index contributed by atoms with van der Waals surface area (Å²) in [6.07, 6.45) is 0.781. The molecule has 1 saturated heterocycles. The molecule has 1 saturated carbocycles. The fourth-order valence-corrected chi connectivity index (χ4v) is 5.36. The predicted octanol–water partition coefficient (Wildman–Crippen LogP) is 6.01. The molecule has 2 heterocycles. The number of piperazine rings is 1. The Balaban J connectivity index is 1.49. The average Bonchev–Trinajstić information content (AvgIpc) is 3.04. The third-order valence-electron chi connectivity index (χ3n) is 7.32. The highest BCUT2D eigenvalue weighted by Gasteiger charge is 2.36. The number of methoxy groups -OCH3 is 1. The van der Waals surface area contributed by atoms with Gasteiger partial charge in [0.25, 0.3) is 0 Å². The Bertz CT molecular complexity index is 1170. The highest BCUT2D eigenvalue weighted by atomic mass is 19.4. The number of benzene rings is 2. The summed E-state index contributed by atoms with van der Waals surface area (Å²) in [5, 5.41) is 0. The van der Waals surface area contributed by atoms with Gasteiger partial charge in [0, 0.05) is 31.6 Å². The molecule has 1 aliphatic carbocycles. The monoisotopic (exact) mass is 501 g/mol. The molecule has 0 spiro atoms. The van der Waals surface area contributed by atoms with Gasteiger partial charge in [0.15, 0.2) is 5.75 Å². The molecule has 2 aliphatic heterocycles. The summed E-state index contributed by atoms with van der Waals surface area (Å²) in [4.78, 5) is 21.9. The van der Waals surface area contributed by atoms with Crippen molar-refractivity contribution in [3.05, 3.63) is 47.5 Å². The van der Waals surface area contributed by atoms with Crippen LogP contribution >= 0.6 is 0 Å². The smallest absolute Gasteiger partial charge is 0.416 e. The highest BCUT2D eigenvalue weighted by molar-refractivity contribution is 6.04. The van der Waals surface area contributed by atoms with Crippen LogP contribution in [0.15, 0.2) is 41.4 Å². The number of rotatable bonds is 2. The molecule has 0 radical (unpaired) electrons. The van der Waals surface area contributed by atoms with Crippen molar-refractivity contribution >= 4 is 17.4 Å². The van der Waals surface area contributed by atoms with Gasteiger partial charge >= 0.3 is 6.18 Å². The number of fused-ring (bicyclic) bond motifs is 2. The molecule has 2 aromatic carbocycles. The molecule has 9 heteroatoms. The van der Waals surface area contributed by atoms with E-state index in [1.165, 1.54) is 12.5 Å². The molecule has 0 aromatic heterocycles. The minimum absolute atomic E-state index is 0.0601. The van der Waals surface area contributed by atoms with Crippen molar-refractivity contribution in [2.45, 2.75) is 51.2 Å². The maximum absolute atomic E-state index is 13.4. The van der Waals surface area contributed by atoms with Crippen LogP contribution in [0.2, 0.25) is 0 Å². The summed E-state index contributed by atoms with van der Waals surface area (Å²) < 4.78 is 51.8. The molecule has 3 aliphatic rings. The van der Waals surface area contributed by atoms with Crippen LogP contribution in [0.4, 0.5) is 18.9 Å². The van der Waals surface area contributed by atoms with E-state index in [9.17, 15) is 18.0 Å². The standard InChI is InChI=1S/C27H30F3N3O3/c1-17-16-32(12-13-33(17)26(34)18-6-4-3-5-7-18)25-21-15-20(35-2)9-11-23(21)36-24-10-8-19(27(28,29)30)14-22(24)31-25/h8-11,14-15,17-18H,3-7,12-13,16H2,1-2H3/t17-/m0/s1. The first-order valence-corrected chi connectivity index (χ1v) is 12.5. The van der Waals surface area contributed by atoms with Crippen molar-refractivity contribution in [2.75, 3.05) is 26.7 Å². The summed E-state index contributed by atoms with van der Waals surface area (Å²) in [7, 11) is 1.55. The van der Waals surface area contributed by atoms with Gasteiger partial charge in [-0.1, -0.05) is 19.3 Å². The van der Waals surface area contributed by atoms with Crippen molar-refractivity contribution in [2.24, 2.45) is 10.9 Å². The largest absolute Gasteiger partial charge is 0.497 e. The number of amidine groups is 1. The second-order valence-corrected chi connectivity index (χ2v) is 9.74. The molecule has 192 valence electrons. The van der Waals surface area contributed by atoms with Crippen molar-refractivity contribution in [1.29, 1.82) is 0 Å². The Morgan fingerprint density at radius 1 is 1.06 bits per heavy atom. The third-order valence-corrected chi connectivity index (χ3v) is 7.32. The first kappa shape index (κ1) is 24.5. The molecule has 36 heavy (non-hydrogen) atoms. The zero-order chi connectivity index (χ0) is 25.4. The molecule has 2 aromatic rings. The first-order chi connectivity index (χ1) is 17.2. The third kappa shape index (κ3) is 4.75. The van der Waals surface area contributed by atoms with E-state index in [4.69, 9.17) is 14.5 Å². The van der Waals surface area contributed by atoms with Crippen LogP contribution in [0, 0.1) is 5.92 Å². The van der Waals surface area contributed by atoms with Gasteiger partial charge in [-0.3, -0.25) is 4.79 Å². The van der Waals surface area contributed by atoms with E-state index in [1.807, 2.05) is 16.7 Å². The summed E-state index contributed by atoms with van der Waals surface area (Å²) in [6, 6.07) is 8.54. The Kier molecular flexibility index (Phi) is 6.57. The van der Waals surface area contributed by atoms with Gasteiger partial charge in [0.1, 0.15) is 23.0 Å².